The lowest BCUT2D eigenvalue weighted by Gasteiger charge is -2.32. The molecule has 2 rings (SSSR count). The molecule has 1 heterocycles. The summed E-state index contributed by atoms with van der Waals surface area (Å²) < 4.78 is 43.0. The van der Waals surface area contributed by atoms with Gasteiger partial charge in [0.25, 0.3) is 5.91 Å². The zero-order valence-electron chi connectivity index (χ0n) is 12.7. The van der Waals surface area contributed by atoms with E-state index in [2.05, 4.69) is 10.1 Å². The molecule has 1 saturated heterocycles. The molecular weight excluding hydrogens is 312 g/mol. The van der Waals surface area contributed by atoms with E-state index in [1.54, 1.807) is 0 Å². The first-order valence-corrected chi connectivity index (χ1v) is 7.21. The van der Waals surface area contributed by atoms with E-state index < -0.39 is 35.3 Å². The van der Waals surface area contributed by atoms with E-state index in [4.69, 9.17) is 14.6 Å². The van der Waals surface area contributed by atoms with Crippen LogP contribution in [0.15, 0.2) is 12.1 Å². The molecule has 1 aromatic carbocycles. The van der Waals surface area contributed by atoms with Crippen LogP contribution in [0.2, 0.25) is 0 Å². The molecule has 0 unspecified atom stereocenters. The molecule has 1 aliphatic heterocycles. The number of amides is 1. The highest BCUT2D eigenvalue weighted by Gasteiger charge is 2.29. The summed E-state index contributed by atoms with van der Waals surface area (Å²) in [6, 6.07) is 1.94. The molecule has 128 valence electrons. The van der Waals surface area contributed by atoms with Crippen LogP contribution >= 0.6 is 0 Å². The Morgan fingerprint density at radius 2 is 2.22 bits per heavy atom. The van der Waals surface area contributed by atoms with Crippen molar-refractivity contribution in [2.24, 2.45) is 0 Å². The van der Waals surface area contributed by atoms with Crippen molar-refractivity contribution in [3.63, 3.8) is 0 Å². The molecule has 1 aliphatic rings. The van der Waals surface area contributed by atoms with Crippen LogP contribution in [0, 0.1) is 11.6 Å². The van der Waals surface area contributed by atoms with Crippen molar-refractivity contribution in [1.82, 2.24) is 5.32 Å². The molecule has 6 nitrogen and oxygen atoms in total. The molecule has 1 fully saturated rings. The van der Waals surface area contributed by atoms with E-state index in [0.717, 1.165) is 6.07 Å². The summed E-state index contributed by atoms with van der Waals surface area (Å²) in [7, 11) is 1.21. The number of hydrogen-bond donors (Lipinski definition) is 2. The third-order valence-electron chi connectivity index (χ3n) is 3.56. The molecule has 0 bridgehead atoms. The molecule has 0 aromatic heterocycles. The summed E-state index contributed by atoms with van der Waals surface area (Å²) in [6.45, 7) is 0.620. The van der Waals surface area contributed by atoms with Crippen molar-refractivity contribution in [2.45, 2.75) is 18.6 Å². The average Bonchev–Trinajstić information content (AvgIpc) is 2.56. The van der Waals surface area contributed by atoms with Crippen molar-refractivity contribution in [1.29, 1.82) is 0 Å². The van der Waals surface area contributed by atoms with Crippen molar-refractivity contribution < 1.29 is 32.9 Å². The summed E-state index contributed by atoms with van der Waals surface area (Å²) in [6.07, 6.45) is 0.0215. The van der Waals surface area contributed by atoms with Gasteiger partial charge in [-0.25, -0.2) is 4.39 Å². The highest BCUT2D eigenvalue weighted by molar-refractivity contribution is 5.94. The minimum atomic E-state index is -1.26. The smallest absolute Gasteiger partial charge is 0.254 e. The van der Waals surface area contributed by atoms with Gasteiger partial charge in [0.1, 0.15) is 6.10 Å². The number of aliphatic hydroxyl groups excluding tert-OH is 1. The van der Waals surface area contributed by atoms with Gasteiger partial charge in [-0.1, -0.05) is 0 Å². The summed E-state index contributed by atoms with van der Waals surface area (Å²) in [5.41, 5.74) is -0.407. The monoisotopic (exact) mass is 331 g/mol. The molecular formula is C15H19F2NO5. The van der Waals surface area contributed by atoms with Crippen LogP contribution < -0.4 is 10.1 Å². The van der Waals surface area contributed by atoms with E-state index >= 15 is 0 Å². The molecule has 0 spiro atoms. The van der Waals surface area contributed by atoms with Gasteiger partial charge in [0, 0.05) is 6.61 Å². The Balaban J connectivity index is 2.09. The quantitative estimate of drug-likeness (QED) is 0.809. The molecule has 0 radical (unpaired) electrons. The topological polar surface area (TPSA) is 77.0 Å². The summed E-state index contributed by atoms with van der Waals surface area (Å²) in [5, 5.41) is 11.4. The first kappa shape index (κ1) is 17.6. The van der Waals surface area contributed by atoms with Gasteiger partial charge in [0.05, 0.1) is 38.5 Å². The van der Waals surface area contributed by atoms with E-state index in [-0.39, 0.29) is 25.6 Å². The number of hydrogen-bond acceptors (Lipinski definition) is 5. The zero-order valence-corrected chi connectivity index (χ0v) is 12.7. The van der Waals surface area contributed by atoms with E-state index in [1.165, 1.54) is 13.2 Å². The van der Waals surface area contributed by atoms with Gasteiger partial charge < -0.3 is 24.6 Å². The number of benzene rings is 1. The minimum absolute atomic E-state index is 0.103. The zero-order chi connectivity index (χ0) is 16.8. The predicted octanol–water partition coefficient (Wildman–Crippen LogP) is 0.870. The number of carbonyl (C=O) groups is 1. The molecule has 23 heavy (non-hydrogen) atoms. The van der Waals surface area contributed by atoms with Gasteiger partial charge in [-0.05, 0) is 18.6 Å². The summed E-state index contributed by atoms with van der Waals surface area (Å²) >= 11 is 0. The third kappa shape index (κ3) is 4.15. The van der Waals surface area contributed by atoms with Crippen molar-refractivity contribution in [3.8, 4) is 5.75 Å². The van der Waals surface area contributed by atoms with Crippen LogP contribution in [0.4, 0.5) is 8.78 Å². The van der Waals surface area contributed by atoms with Crippen LogP contribution in [0.3, 0.4) is 0 Å². The number of rotatable bonds is 6. The van der Waals surface area contributed by atoms with Crippen LogP contribution in [0.1, 0.15) is 16.8 Å². The van der Waals surface area contributed by atoms with Crippen LogP contribution in [-0.4, -0.2) is 56.7 Å². The standard InChI is InChI=1S/C15H19F2NO5/c1-21-11-3-2-9(13(16)14(11)17)15(20)18-10-4-6-22-8-12(10)23-7-5-19/h2-3,10,12,19H,4-8H2,1H3,(H,18,20)/t10-,12-/m1/s1. The maximum atomic E-state index is 13.9. The molecule has 1 aromatic rings. The lowest BCUT2D eigenvalue weighted by atomic mass is 10.0. The van der Waals surface area contributed by atoms with Crippen molar-refractivity contribution in [2.75, 3.05) is 33.5 Å². The minimum Gasteiger partial charge on any atom is -0.494 e. The fourth-order valence-corrected chi connectivity index (χ4v) is 2.36. The lowest BCUT2D eigenvalue weighted by molar-refractivity contribution is -0.0737. The van der Waals surface area contributed by atoms with Crippen LogP contribution in [-0.2, 0) is 9.47 Å². The maximum absolute atomic E-state index is 13.9. The molecule has 0 saturated carbocycles. The van der Waals surface area contributed by atoms with Crippen molar-refractivity contribution in [3.05, 3.63) is 29.3 Å². The number of nitrogens with one attached hydrogen (secondary N) is 1. The number of halogens is 2. The molecule has 0 aliphatic carbocycles. The fraction of sp³-hybridized carbons (Fsp3) is 0.533. The third-order valence-corrected chi connectivity index (χ3v) is 3.56. The molecule has 2 atom stereocenters. The van der Waals surface area contributed by atoms with Crippen LogP contribution in [0.5, 0.6) is 5.75 Å². The molecule has 1 amide bonds. The van der Waals surface area contributed by atoms with Crippen LogP contribution in [0.25, 0.3) is 0 Å². The Kier molecular flexibility index (Phi) is 6.26. The SMILES string of the molecule is COc1ccc(C(=O)N[C@@H]2CCOC[C@H]2OCCO)c(F)c1F. The Labute approximate surface area is 132 Å². The Hall–Kier alpha value is -1.77. The number of methoxy groups -OCH3 is 1. The second-order valence-corrected chi connectivity index (χ2v) is 5.02. The Morgan fingerprint density at radius 3 is 2.91 bits per heavy atom. The second-order valence-electron chi connectivity index (χ2n) is 5.02. The highest BCUT2D eigenvalue weighted by atomic mass is 19.2. The van der Waals surface area contributed by atoms with Gasteiger partial charge in [-0.3, -0.25) is 4.79 Å². The average molecular weight is 331 g/mol. The highest BCUT2D eigenvalue weighted by Crippen LogP contribution is 2.22. The van der Waals surface area contributed by atoms with Gasteiger partial charge >= 0.3 is 0 Å². The first-order chi connectivity index (χ1) is 11.1. The van der Waals surface area contributed by atoms with Gasteiger partial charge in [-0.15, -0.1) is 0 Å². The number of ether oxygens (including phenoxy) is 3. The van der Waals surface area contributed by atoms with Gasteiger partial charge in [-0.2, -0.15) is 4.39 Å². The summed E-state index contributed by atoms with van der Waals surface area (Å²) in [5.74, 6) is -3.48. The number of aliphatic hydroxyl groups is 1. The van der Waals surface area contributed by atoms with Gasteiger partial charge in [0.15, 0.2) is 11.6 Å². The maximum Gasteiger partial charge on any atom is 0.254 e. The van der Waals surface area contributed by atoms with E-state index in [0.29, 0.717) is 13.0 Å². The molecule has 8 heteroatoms. The fourth-order valence-electron chi connectivity index (χ4n) is 2.36. The van der Waals surface area contributed by atoms with E-state index in [9.17, 15) is 13.6 Å². The predicted molar refractivity (Wildman–Crippen MR) is 76.4 cm³/mol. The molecule has 2 N–H and O–H groups in total. The van der Waals surface area contributed by atoms with Crippen molar-refractivity contribution >= 4 is 5.91 Å². The largest absolute Gasteiger partial charge is 0.494 e. The first-order valence-electron chi connectivity index (χ1n) is 7.21. The second kappa shape index (κ2) is 8.19. The number of carbonyl (C=O) groups excluding carboxylic acids is 1. The van der Waals surface area contributed by atoms with E-state index in [1.807, 2.05) is 0 Å². The lowest BCUT2D eigenvalue weighted by Crippen LogP contribution is -2.50. The Bertz CT molecular complexity index is 555. The van der Waals surface area contributed by atoms with Gasteiger partial charge in [0.2, 0.25) is 5.82 Å². The summed E-state index contributed by atoms with van der Waals surface area (Å²) in [4.78, 5) is 12.2. The Morgan fingerprint density at radius 1 is 1.43 bits per heavy atom. The normalized spacial score (nSPS) is 21.0.